The maximum atomic E-state index is 12.6. The Hall–Kier alpha value is -1.65. The van der Waals surface area contributed by atoms with Crippen LogP contribution in [0, 0.1) is 17.2 Å². The molecule has 144 valence electrons. The first-order chi connectivity index (χ1) is 12.1. The summed E-state index contributed by atoms with van der Waals surface area (Å²) in [5, 5.41) is 18.3. The number of amides is 2. The van der Waals surface area contributed by atoms with E-state index in [1.165, 1.54) is 0 Å². The SMILES string of the molecule is CCC[C@H](NC[C@@H]1CCCO1)C(=O)N[C@H](C#N)C[C@@H]1CCCNC1=O.[HH].[HH]. The zero-order chi connectivity index (χ0) is 18.1. The van der Waals surface area contributed by atoms with Crippen molar-refractivity contribution in [1.82, 2.24) is 16.0 Å². The van der Waals surface area contributed by atoms with E-state index in [-0.39, 0.29) is 32.7 Å². The molecule has 0 saturated carbocycles. The van der Waals surface area contributed by atoms with E-state index in [0.29, 0.717) is 25.9 Å². The molecule has 3 N–H and O–H groups in total. The summed E-state index contributed by atoms with van der Waals surface area (Å²) in [4.78, 5) is 24.4. The summed E-state index contributed by atoms with van der Waals surface area (Å²) in [6, 6.07) is 1.17. The van der Waals surface area contributed by atoms with Gasteiger partial charge < -0.3 is 20.7 Å². The van der Waals surface area contributed by atoms with Crippen molar-refractivity contribution in [3.05, 3.63) is 0 Å². The van der Waals surface area contributed by atoms with Crippen molar-refractivity contribution < 1.29 is 17.2 Å². The van der Waals surface area contributed by atoms with Gasteiger partial charge in [-0.25, -0.2) is 0 Å². The second kappa shape index (κ2) is 10.4. The molecular weight excluding hydrogens is 320 g/mol. The molecule has 2 amide bonds. The van der Waals surface area contributed by atoms with E-state index in [1.54, 1.807) is 0 Å². The van der Waals surface area contributed by atoms with Crippen LogP contribution in [0.2, 0.25) is 0 Å². The molecule has 0 unspecified atom stereocenters. The first kappa shape index (κ1) is 19.7. The molecule has 0 aromatic rings. The third-order valence-corrected chi connectivity index (χ3v) is 4.90. The van der Waals surface area contributed by atoms with Gasteiger partial charge in [-0.05, 0) is 38.5 Å². The van der Waals surface area contributed by atoms with Crippen LogP contribution in [0.5, 0.6) is 0 Å². The average molecular weight is 354 g/mol. The summed E-state index contributed by atoms with van der Waals surface area (Å²) in [7, 11) is 0. The molecule has 0 aromatic carbocycles. The first-order valence-electron chi connectivity index (χ1n) is 9.46. The van der Waals surface area contributed by atoms with Gasteiger partial charge in [-0.2, -0.15) is 5.26 Å². The van der Waals surface area contributed by atoms with Gasteiger partial charge >= 0.3 is 0 Å². The number of rotatable bonds is 9. The maximum absolute atomic E-state index is 12.6. The largest absolute Gasteiger partial charge is 0.377 e. The predicted molar refractivity (Wildman–Crippen MR) is 97.8 cm³/mol. The highest BCUT2D eigenvalue weighted by Gasteiger charge is 2.28. The minimum absolute atomic E-state index is 0. The van der Waals surface area contributed by atoms with Crippen LogP contribution < -0.4 is 16.0 Å². The molecule has 25 heavy (non-hydrogen) atoms. The Balaban J connectivity index is 0.00000338. The van der Waals surface area contributed by atoms with E-state index in [4.69, 9.17) is 4.74 Å². The van der Waals surface area contributed by atoms with Gasteiger partial charge in [0.2, 0.25) is 11.8 Å². The molecule has 0 bridgehead atoms. The van der Waals surface area contributed by atoms with Gasteiger partial charge in [0.05, 0.1) is 18.2 Å². The van der Waals surface area contributed by atoms with Crippen LogP contribution in [0.25, 0.3) is 0 Å². The average Bonchev–Trinajstić information content (AvgIpc) is 3.13. The molecule has 0 radical (unpaired) electrons. The highest BCUT2D eigenvalue weighted by Crippen LogP contribution is 2.17. The number of hydrogen-bond acceptors (Lipinski definition) is 5. The minimum Gasteiger partial charge on any atom is -0.377 e. The highest BCUT2D eigenvalue weighted by molar-refractivity contribution is 5.83. The van der Waals surface area contributed by atoms with Crippen molar-refractivity contribution >= 4 is 11.8 Å². The highest BCUT2D eigenvalue weighted by atomic mass is 16.5. The maximum Gasteiger partial charge on any atom is 0.238 e. The monoisotopic (exact) mass is 354 g/mol. The second-order valence-corrected chi connectivity index (χ2v) is 6.94. The quantitative estimate of drug-likeness (QED) is 0.580. The van der Waals surface area contributed by atoms with Gasteiger partial charge in [0.25, 0.3) is 0 Å². The Morgan fingerprint density at radius 1 is 1.48 bits per heavy atom. The molecule has 0 spiro atoms. The third kappa shape index (κ3) is 6.29. The van der Waals surface area contributed by atoms with Gasteiger partial charge in [0.15, 0.2) is 0 Å². The van der Waals surface area contributed by atoms with E-state index in [0.717, 1.165) is 38.7 Å². The fourth-order valence-electron chi connectivity index (χ4n) is 3.45. The van der Waals surface area contributed by atoms with Crippen molar-refractivity contribution in [2.45, 2.75) is 70.1 Å². The normalized spacial score (nSPS) is 25.7. The number of carbonyl (C=O) groups excluding carboxylic acids is 2. The number of hydrogen-bond donors (Lipinski definition) is 3. The lowest BCUT2D eigenvalue weighted by molar-refractivity contribution is -0.128. The van der Waals surface area contributed by atoms with Crippen molar-refractivity contribution in [3.8, 4) is 6.07 Å². The fourth-order valence-corrected chi connectivity index (χ4v) is 3.45. The number of ether oxygens (including phenoxy) is 1. The van der Waals surface area contributed by atoms with Crippen LogP contribution in [0.4, 0.5) is 0 Å². The van der Waals surface area contributed by atoms with Crippen LogP contribution in [-0.4, -0.2) is 49.7 Å². The first-order valence-corrected chi connectivity index (χ1v) is 9.46. The molecular formula is C18H34N4O3. The molecule has 2 fully saturated rings. The Morgan fingerprint density at radius 2 is 2.32 bits per heavy atom. The zero-order valence-corrected chi connectivity index (χ0v) is 15.1. The van der Waals surface area contributed by atoms with E-state index in [1.807, 2.05) is 6.92 Å². The van der Waals surface area contributed by atoms with Crippen LogP contribution in [0.15, 0.2) is 0 Å². The zero-order valence-electron chi connectivity index (χ0n) is 15.1. The van der Waals surface area contributed by atoms with Crippen LogP contribution in [-0.2, 0) is 14.3 Å². The molecule has 2 heterocycles. The summed E-state index contributed by atoms with van der Waals surface area (Å²) in [6.45, 7) is 4.17. The summed E-state index contributed by atoms with van der Waals surface area (Å²) >= 11 is 0. The Morgan fingerprint density at radius 3 is 2.96 bits per heavy atom. The Bertz CT molecular complexity index is 495. The van der Waals surface area contributed by atoms with Crippen molar-refractivity contribution in [2.24, 2.45) is 5.92 Å². The lowest BCUT2D eigenvalue weighted by atomic mass is 9.92. The van der Waals surface area contributed by atoms with Gasteiger partial charge in [0, 0.05) is 28.5 Å². The standard InChI is InChI=1S/C18H30N4O3.2H2/c1-2-5-16(21-12-15-7-4-9-25-15)18(24)22-14(11-19)10-13-6-3-8-20-17(13)23;;/h13-16,21H,2-10,12H2,1H3,(H,20,23)(H,22,24);2*1H/t13-,14-,15-,16-;;/m0../s1. The summed E-state index contributed by atoms with van der Waals surface area (Å²) < 4.78 is 5.58. The van der Waals surface area contributed by atoms with E-state index < -0.39 is 6.04 Å². The molecule has 2 rings (SSSR count). The van der Waals surface area contributed by atoms with Crippen molar-refractivity contribution in [1.29, 1.82) is 5.26 Å². The molecule has 4 atom stereocenters. The van der Waals surface area contributed by atoms with Crippen LogP contribution in [0.3, 0.4) is 0 Å². The molecule has 0 aliphatic carbocycles. The molecule has 0 aromatic heterocycles. The molecule has 7 heteroatoms. The molecule has 2 saturated heterocycles. The minimum atomic E-state index is -0.634. The van der Waals surface area contributed by atoms with Gasteiger partial charge in [-0.3, -0.25) is 9.59 Å². The molecule has 2 aliphatic heterocycles. The lowest BCUT2D eigenvalue weighted by Gasteiger charge is -2.25. The Kier molecular flexibility index (Phi) is 8.16. The number of nitrogens with one attached hydrogen (secondary N) is 3. The van der Waals surface area contributed by atoms with Gasteiger partial charge in [-0.1, -0.05) is 13.3 Å². The molecule has 7 nitrogen and oxygen atoms in total. The van der Waals surface area contributed by atoms with Crippen molar-refractivity contribution in [3.63, 3.8) is 0 Å². The topological polar surface area (TPSA) is 103 Å². The fraction of sp³-hybridized carbons (Fsp3) is 0.833. The van der Waals surface area contributed by atoms with Crippen LogP contribution in [0.1, 0.15) is 54.7 Å². The Labute approximate surface area is 152 Å². The summed E-state index contributed by atoms with van der Waals surface area (Å²) in [5.74, 6) is -0.367. The van der Waals surface area contributed by atoms with Gasteiger partial charge in [0.1, 0.15) is 6.04 Å². The van der Waals surface area contributed by atoms with Crippen LogP contribution >= 0.6 is 0 Å². The number of piperidine rings is 1. The number of nitriles is 1. The second-order valence-electron chi connectivity index (χ2n) is 6.94. The van der Waals surface area contributed by atoms with E-state index in [9.17, 15) is 14.9 Å². The summed E-state index contributed by atoms with van der Waals surface area (Å²) in [6.07, 6.45) is 5.91. The smallest absolute Gasteiger partial charge is 0.238 e. The van der Waals surface area contributed by atoms with E-state index >= 15 is 0 Å². The predicted octanol–water partition coefficient (Wildman–Crippen LogP) is 1.34. The third-order valence-electron chi connectivity index (χ3n) is 4.90. The number of nitrogens with zero attached hydrogens (tertiary/aromatic N) is 1. The lowest BCUT2D eigenvalue weighted by Crippen LogP contribution is -2.50. The van der Waals surface area contributed by atoms with Crippen molar-refractivity contribution in [2.75, 3.05) is 19.7 Å². The number of carbonyl (C=O) groups is 2. The van der Waals surface area contributed by atoms with Gasteiger partial charge in [-0.15, -0.1) is 0 Å². The molecule has 2 aliphatic rings. The van der Waals surface area contributed by atoms with E-state index in [2.05, 4.69) is 22.0 Å². The summed E-state index contributed by atoms with van der Waals surface area (Å²) in [5.41, 5.74) is 0.